The average Bonchev–Trinajstić information content (AvgIpc) is 2.70. The minimum absolute atomic E-state index is 0.00903. The maximum absolute atomic E-state index is 13.3. The van der Waals surface area contributed by atoms with Crippen LogP contribution in [0.15, 0.2) is 29.1 Å². The number of carboxylic acids is 1. The van der Waals surface area contributed by atoms with Crippen molar-refractivity contribution in [1.29, 1.82) is 0 Å². The van der Waals surface area contributed by atoms with Gasteiger partial charge in [0.2, 0.25) is 15.9 Å². The number of hydrogen-bond acceptors (Lipinski definition) is 5. The monoisotopic (exact) mass is 458 g/mol. The lowest BCUT2D eigenvalue weighted by molar-refractivity contribution is -0.134. The lowest BCUT2D eigenvalue weighted by atomic mass is 9.49. The number of benzene rings is 1. The highest BCUT2D eigenvalue weighted by atomic mass is 35.5. The number of aliphatic carboxylic acids is 1. The fourth-order valence-corrected chi connectivity index (χ4v) is 6.33. The van der Waals surface area contributed by atoms with E-state index >= 15 is 0 Å². The van der Waals surface area contributed by atoms with Gasteiger partial charge in [-0.15, -0.1) is 0 Å². The van der Waals surface area contributed by atoms with Crippen LogP contribution in [-0.4, -0.2) is 37.6 Å². The molecular formula is C20H24ClFN2O5S. The minimum Gasteiger partial charge on any atom is -0.476 e. The van der Waals surface area contributed by atoms with Gasteiger partial charge in [0.25, 0.3) is 0 Å². The van der Waals surface area contributed by atoms with Gasteiger partial charge in [0.15, 0.2) is 0 Å². The first-order valence-electron chi connectivity index (χ1n) is 10.0. The summed E-state index contributed by atoms with van der Waals surface area (Å²) in [4.78, 5) is 12.8. The molecule has 0 spiro atoms. The summed E-state index contributed by atoms with van der Waals surface area (Å²) < 4.78 is 47.5. The van der Waals surface area contributed by atoms with Gasteiger partial charge in [0.1, 0.15) is 16.9 Å². The zero-order valence-corrected chi connectivity index (χ0v) is 18.1. The molecule has 2 bridgehead atoms. The standard InChI is InChI=1S/C20H24ClFN2O5S/c1-2-3-4-13-10-24(20-7-12(8-20)9-20)16-5-14(21)17(29-11-15(22)19(25)26)6-18(16)30(27,28)23-13/h5-6,11-13,23H,2-4,7-10H2,1H3,(H,25,26)/b15-11-/t12?,13-,20?/m1/s1. The molecule has 3 fully saturated rings. The zero-order valence-electron chi connectivity index (χ0n) is 16.5. The van der Waals surface area contributed by atoms with Crippen molar-refractivity contribution >= 4 is 33.3 Å². The van der Waals surface area contributed by atoms with E-state index in [0.717, 1.165) is 38.5 Å². The predicted octanol–water partition coefficient (Wildman–Crippen LogP) is 3.82. The number of ether oxygens (including phenoxy) is 1. The lowest BCUT2D eigenvalue weighted by Crippen LogP contribution is -2.69. The van der Waals surface area contributed by atoms with Gasteiger partial charge in [0, 0.05) is 24.2 Å². The van der Waals surface area contributed by atoms with Crippen LogP contribution in [0.5, 0.6) is 5.75 Å². The molecule has 4 aliphatic rings. The Bertz CT molecular complexity index is 996. The Balaban J connectivity index is 1.75. The molecule has 3 saturated carbocycles. The molecule has 164 valence electrons. The molecule has 0 saturated heterocycles. The third kappa shape index (κ3) is 3.67. The van der Waals surface area contributed by atoms with E-state index in [1.54, 1.807) is 0 Å². The van der Waals surface area contributed by atoms with E-state index in [9.17, 15) is 17.6 Å². The number of rotatable bonds is 7. The number of carboxylic acid groups (broad SMARTS) is 1. The SMILES string of the molecule is CCCC[C@@H]1CN(C23CC(C2)C3)c2cc(Cl)c(O/C=C(\F)C(=O)O)cc2S(=O)(=O)N1. The molecule has 0 unspecified atom stereocenters. The minimum atomic E-state index is -3.87. The number of unbranched alkanes of at least 4 members (excludes halogenated alkanes) is 1. The Kier molecular flexibility index (Phi) is 5.48. The van der Waals surface area contributed by atoms with E-state index in [1.165, 1.54) is 12.1 Å². The second-order valence-corrected chi connectivity index (χ2v) is 10.5. The topological polar surface area (TPSA) is 95.9 Å². The third-order valence-electron chi connectivity index (χ3n) is 6.30. The van der Waals surface area contributed by atoms with Crippen molar-refractivity contribution < 1.29 is 27.4 Å². The van der Waals surface area contributed by atoms with Gasteiger partial charge in [-0.05, 0) is 37.7 Å². The molecule has 3 aliphatic carbocycles. The van der Waals surface area contributed by atoms with E-state index < -0.39 is 21.8 Å². The molecule has 0 radical (unpaired) electrons. The number of nitrogens with one attached hydrogen (secondary N) is 1. The fourth-order valence-electron chi connectivity index (χ4n) is 4.66. The zero-order chi connectivity index (χ0) is 21.7. The van der Waals surface area contributed by atoms with Crippen molar-refractivity contribution in [3.05, 3.63) is 29.2 Å². The van der Waals surface area contributed by atoms with Crippen LogP contribution in [-0.2, 0) is 14.8 Å². The van der Waals surface area contributed by atoms with E-state index in [-0.39, 0.29) is 27.2 Å². The Labute approximate surface area is 179 Å². The van der Waals surface area contributed by atoms with Crippen LogP contribution in [0.3, 0.4) is 0 Å². The van der Waals surface area contributed by atoms with Crippen LogP contribution >= 0.6 is 11.6 Å². The van der Waals surface area contributed by atoms with Crippen molar-refractivity contribution in [3.8, 4) is 5.75 Å². The van der Waals surface area contributed by atoms with Crippen LogP contribution in [0.1, 0.15) is 45.4 Å². The Morgan fingerprint density at radius 2 is 2.13 bits per heavy atom. The van der Waals surface area contributed by atoms with Gasteiger partial charge in [-0.1, -0.05) is 31.4 Å². The predicted molar refractivity (Wildman–Crippen MR) is 110 cm³/mol. The smallest absolute Gasteiger partial charge is 0.368 e. The molecule has 30 heavy (non-hydrogen) atoms. The Hall–Kier alpha value is -1.84. The summed E-state index contributed by atoms with van der Waals surface area (Å²) in [5.74, 6) is -2.72. The molecule has 7 nitrogen and oxygen atoms in total. The maximum atomic E-state index is 13.3. The van der Waals surface area contributed by atoms with Crippen molar-refractivity contribution in [2.75, 3.05) is 11.4 Å². The Morgan fingerprint density at radius 1 is 1.43 bits per heavy atom. The van der Waals surface area contributed by atoms with Crippen molar-refractivity contribution in [2.24, 2.45) is 5.92 Å². The largest absolute Gasteiger partial charge is 0.476 e. The number of anilines is 1. The van der Waals surface area contributed by atoms with Crippen molar-refractivity contribution in [1.82, 2.24) is 4.72 Å². The first-order chi connectivity index (χ1) is 14.1. The van der Waals surface area contributed by atoms with Gasteiger partial charge < -0.3 is 14.7 Å². The van der Waals surface area contributed by atoms with Gasteiger partial charge >= 0.3 is 5.97 Å². The van der Waals surface area contributed by atoms with Crippen LogP contribution in [0.25, 0.3) is 0 Å². The summed E-state index contributed by atoms with van der Waals surface area (Å²) in [5, 5.41) is 8.72. The molecule has 1 aromatic carbocycles. The first-order valence-corrected chi connectivity index (χ1v) is 11.9. The molecule has 0 aromatic heterocycles. The maximum Gasteiger partial charge on any atom is 0.368 e. The summed E-state index contributed by atoms with van der Waals surface area (Å²) in [6, 6.07) is 2.54. The second kappa shape index (κ2) is 7.69. The number of fused-ring (bicyclic) bond motifs is 1. The first kappa shape index (κ1) is 21.4. The van der Waals surface area contributed by atoms with Gasteiger partial charge in [-0.3, -0.25) is 0 Å². The Morgan fingerprint density at radius 3 is 2.70 bits per heavy atom. The molecule has 1 aliphatic heterocycles. The van der Waals surface area contributed by atoms with Crippen LogP contribution in [0.4, 0.5) is 10.1 Å². The fraction of sp³-hybridized carbons (Fsp3) is 0.550. The van der Waals surface area contributed by atoms with Crippen LogP contribution in [0.2, 0.25) is 5.02 Å². The highest BCUT2D eigenvalue weighted by Crippen LogP contribution is 2.62. The summed E-state index contributed by atoms with van der Waals surface area (Å²) >= 11 is 6.31. The number of nitrogens with zero attached hydrogens (tertiary/aromatic N) is 1. The third-order valence-corrected chi connectivity index (χ3v) is 8.14. The molecule has 5 rings (SSSR count). The number of halogens is 2. The van der Waals surface area contributed by atoms with Crippen LogP contribution in [0, 0.1) is 5.92 Å². The number of carbonyl (C=O) groups is 1. The van der Waals surface area contributed by atoms with E-state index in [2.05, 4.69) is 16.5 Å². The lowest BCUT2D eigenvalue weighted by Gasteiger charge is -2.67. The number of hydrogen-bond donors (Lipinski definition) is 2. The summed E-state index contributed by atoms with van der Waals surface area (Å²) in [5.41, 5.74) is 0.478. The molecule has 1 heterocycles. The van der Waals surface area contributed by atoms with E-state index in [0.29, 0.717) is 24.4 Å². The molecule has 1 aromatic rings. The highest BCUT2D eigenvalue weighted by Gasteiger charge is 2.61. The highest BCUT2D eigenvalue weighted by molar-refractivity contribution is 7.89. The average molecular weight is 459 g/mol. The van der Waals surface area contributed by atoms with Crippen LogP contribution < -0.4 is 14.4 Å². The summed E-state index contributed by atoms with van der Waals surface area (Å²) in [6.07, 6.45) is 6.10. The quantitative estimate of drug-likeness (QED) is 0.476. The molecule has 2 N–H and O–H groups in total. The van der Waals surface area contributed by atoms with Crippen molar-refractivity contribution in [2.45, 2.75) is 61.9 Å². The molecule has 10 heteroatoms. The van der Waals surface area contributed by atoms with E-state index in [1.807, 2.05) is 0 Å². The van der Waals surface area contributed by atoms with Gasteiger partial charge in [0.05, 0.1) is 10.7 Å². The normalized spacial score (nSPS) is 29.3. The van der Waals surface area contributed by atoms with Gasteiger partial charge in [-0.25, -0.2) is 17.9 Å². The van der Waals surface area contributed by atoms with Gasteiger partial charge in [-0.2, -0.15) is 4.39 Å². The molecule has 1 atom stereocenters. The van der Waals surface area contributed by atoms with Crippen molar-refractivity contribution in [3.63, 3.8) is 0 Å². The van der Waals surface area contributed by atoms with E-state index in [4.69, 9.17) is 21.4 Å². The molecular weight excluding hydrogens is 435 g/mol. The second-order valence-electron chi connectivity index (χ2n) is 8.41. The summed E-state index contributed by atoms with van der Waals surface area (Å²) in [7, 11) is -3.87. The molecule has 0 amide bonds. The number of sulfonamides is 1. The summed E-state index contributed by atoms with van der Waals surface area (Å²) in [6.45, 7) is 2.62.